The molecule has 0 aromatic carbocycles. The first-order chi connectivity index (χ1) is 7.81. The van der Waals surface area contributed by atoms with Gasteiger partial charge in [-0.05, 0) is 6.42 Å². The number of nitrogens with one attached hydrogen (secondary N) is 2. The Labute approximate surface area is 95.7 Å². The Morgan fingerprint density at radius 2 is 2.24 bits per heavy atom. The van der Waals surface area contributed by atoms with Crippen LogP contribution in [0.5, 0.6) is 0 Å². The van der Waals surface area contributed by atoms with E-state index in [0.717, 1.165) is 0 Å². The summed E-state index contributed by atoms with van der Waals surface area (Å²) in [5.74, 6) is -0.596. The van der Waals surface area contributed by atoms with Crippen molar-refractivity contribution in [2.75, 3.05) is 6.61 Å². The number of imide groups is 1. The van der Waals surface area contributed by atoms with Crippen LogP contribution >= 0.6 is 7.82 Å². The first-order valence-electron chi connectivity index (χ1n) is 4.82. The Hall–Kier alpha value is -0.990. The number of urea groups is 1. The van der Waals surface area contributed by atoms with E-state index in [9.17, 15) is 14.2 Å². The standard InChI is InChI=1S/C7H11N2O7P/c10-5-7(9-6(11)8-5)2-1-4(16-7)3-15-17(12,13)14/h4H,1-3H2,(H2,12,13,14)(H2,8,9,10,11)/t4-,7-/m0/s1. The van der Waals surface area contributed by atoms with Crippen LogP contribution in [0, 0.1) is 0 Å². The highest BCUT2D eigenvalue weighted by Crippen LogP contribution is 2.38. The van der Waals surface area contributed by atoms with Crippen LogP contribution in [-0.4, -0.2) is 40.2 Å². The Bertz CT molecular complexity index is 407. The molecule has 4 N–H and O–H groups in total. The molecule has 17 heavy (non-hydrogen) atoms. The van der Waals surface area contributed by atoms with E-state index in [1.165, 1.54) is 0 Å². The summed E-state index contributed by atoms with van der Waals surface area (Å²) >= 11 is 0. The average molecular weight is 266 g/mol. The Kier molecular flexibility index (Phi) is 2.96. The Morgan fingerprint density at radius 3 is 2.76 bits per heavy atom. The van der Waals surface area contributed by atoms with E-state index in [1.807, 2.05) is 5.32 Å². The summed E-state index contributed by atoms with van der Waals surface area (Å²) in [5.41, 5.74) is -1.42. The number of ether oxygens (including phenoxy) is 1. The van der Waals surface area contributed by atoms with E-state index < -0.39 is 31.6 Å². The van der Waals surface area contributed by atoms with Gasteiger partial charge in [0.25, 0.3) is 5.91 Å². The molecule has 2 heterocycles. The third kappa shape index (κ3) is 2.64. The fourth-order valence-electron chi connectivity index (χ4n) is 1.80. The van der Waals surface area contributed by atoms with Crippen LogP contribution in [0.1, 0.15) is 12.8 Å². The Morgan fingerprint density at radius 1 is 1.53 bits per heavy atom. The predicted octanol–water partition coefficient (Wildman–Crippen LogP) is -1.19. The van der Waals surface area contributed by atoms with Crippen molar-refractivity contribution in [3.63, 3.8) is 0 Å². The van der Waals surface area contributed by atoms with Gasteiger partial charge in [0.05, 0.1) is 12.7 Å². The highest BCUT2D eigenvalue weighted by Gasteiger charge is 2.52. The first-order valence-corrected chi connectivity index (χ1v) is 6.35. The van der Waals surface area contributed by atoms with Crippen molar-refractivity contribution in [2.24, 2.45) is 0 Å². The second kappa shape index (κ2) is 4.04. The molecule has 96 valence electrons. The summed E-state index contributed by atoms with van der Waals surface area (Å²) in [4.78, 5) is 39.4. The van der Waals surface area contributed by atoms with Gasteiger partial charge in [-0.3, -0.25) is 14.6 Å². The smallest absolute Gasteiger partial charge is 0.341 e. The number of amides is 3. The third-order valence-electron chi connectivity index (χ3n) is 2.52. The lowest BCUT2D eigenvalue weighted by molar-refractivity contribution is -0.144. The molecule has 3 amide bonds. The van der Waals surface area contributed by atoms with Gasteiger partial charge in [-0.1, -0.05) is 0 Å². The summed E-state index contributed by atoms with van der Waals surface area (Å²) in [6.45, 7) is -0.338. The van der Waals surface area contributed by atoms with E-state index in [2.05, 4.69) is 9.84 Å². The summed E-state index contributed by atoms with van der Waals surface area (Å²) in [6.07, 6.45) is -0.0558. The molecule has 0 aliphatic carbocycles. The topological polar surface area (TPSA) is 134 Å². The lowest BCUT2D eigenvalue weighted by atomic mass is 10.1. The maximum absolute atomic E-state index is 11.4. The SMILES string of the molecule is O=C1NC(=O)[C@@]2(CC[C@@H](COP(=O)(O)O)O2)N1. The molecule has 2 saturated heterocycles. The molecule has 1 spiro atoms. The first kappa shape index (κ1) is 12.5. The second-order valence-electron chi connectivity index (χ2n) is 3.80. The minimum atomic E-state index is -4.56. The van der Waals surface area contributed by atoms with Crippen LogP contribution in [0.25, 0.3) is 0 Å². The molecular formula is C7H11N2O7P. The van der Waals surface area contributed by atoms with Crippen LogP contribution in [0.15, 0.2) is 0 Å². The van der Waals surface area contributed by atoms with Crippen LogP contribution < -0.4 is 10.6 Å². The molecule has 2 atom stereocenters. The van der Waals surface area contributed by atoms with Crippen molar-refractivity contribution in [3.05, 3.63) is 0 Å². The zero-order valence-corrected chi connectivity index (χ0v) is 9.48. The molecule has 2 aliphatic rings. The van der Waals surface area contributed by atoms with Gasteiger partial charge in [0.2, 0.25) is 5.72 Å². The number of carbonyl (C=O) groups is 2. The van der Waals surface area contributed by atoms with Crippen molar-refractivity contribution < 1.29 is 33.2 Å². The zero-order chi connectivity index (χ0) is 12.7. The van der Waals surface area contributed by atoms with Gasteiger partial charge in [-0.2, -0.15) is 0 Å². The maximum atomic E-state index is 11.4. The molecule has 0 saturated carbocycles. The molecule has 2 rings (SSSR count). The van der Waals surface area contributed by atoms with Crippen LogP contribution in [-0.2, 0) is 18.6 Å². The Balaban J connectivity index is 1.94. The second-order valence-corrected chi connectivity index (χ2v) is 5.04. The lowest BCUT2D eigenvalue weighted by Crippen LogP contribution is -2.47. The maximum Gasteiger partial charge on any atom is 0.469 e. The van der Waals surface area contributed by atoms with Crippen LogP contribution in [0.4, 0.5) is 4.79 Å². The molecule has 0 aromatic rings. The van der Waals surface area contributed by atoms with Gasteiger partial charge < -0.3 is 19.8 Å². The van der Waals surface area contributed by atoms with Crippen molar-refractivity contribution >= 4 is 19.8 Å². The molecular weight excluding hydrogens is 255 g/mol. The number of carbonyl (C=O) groups excluding carboxylic acids is 2. The van der Waals surface area contributed by atoms with E-state index in [1.54, 1.807) is 0 Å². The highest BCUT2D eigenvalue weighted by atomic mass is 31.2. The summed E-state index contributed by atoms with van der Waals surface area (Å²) in [5, 5.41) is 4.37. The molecule has 10 heteroatoms. The third-order valence-corrected chi connectivity index (χ3v) is 3.01. The fraction of sp³-hybridized carbons (Fsp3) is 0.714. The number of rotatable bonds is 3. The molecule has 0 aromatic heterocycles. The van der Waals surface area contributed by atoms with Crippen molar-refractivity contribution in [1.82, 2.24) is 10.6 Å². The molecule has 0 radical (unpaired) electrons. The van der Waals surface area contributed by atoms with E-state index in [4.69, 9.17) is 14.5 Å². The van der Waals surface area contributed by atoms with Gasteiger partial charge in [0.15, 0.2) is 0 Å². The van der Waals surface area contributed by atoms with Gasteiger partial charge in [0.1, 0.15) is 0 Å². The minimum Gasteiger partial charge on any atom is -0.341 e. The number of phosphoric acid groups is 1. The minimum absolute atomic E-state index is 0.236. The number of hydrogen-bond acceptors (Lipinski definition) is 5. The van der Waals surface area contributed by atoms with Crippen molar-refractivity contribution in [1.29, 1.82) is 0 Å². The van der Waals surface area contributed by atoms with Gasteiger partial charge in [-0.25, -0.2) is 9.36 Å². The number of phosphoric ester groups is 1. The fourth-order valence-corrected chi connectivity index (χ4v) is 2.16. The quantitative estimate of drug-likeness (QED) is 0.372. The van der Waals surface area contributed by atoms with Gasteiger partial charge in [0, 0.05) is 6.42 Å². The molecule has 9 nitrogen and oxygen atoms in total. The van der Waals surface area contributed by atoms with E-state index in [-0.39, 0.29) is 13.0 Å². The molecule has 2 fully saturated rings. The average Bonchev–Trinajstić information content (AvgIpc) is 2.69. The van der Waals surface area contributed by atoms with Crippen molar-refractivity contribution in [3.8, 4) is 0 Å². The molecule has 0 bridgehead atoms. The highest BCUT2D eigenvalue weighted by molar-refractivity contribution is 7.46. The van der Waals surface area contributed by atoms with Crippen LogP contribution in [0.2, 0.25) is 0 Å². The summed E-state index contributed by atoms with van der Waals surface area (Å²) in [7, 11) is -4.56. The normalized spacial score (nSPS) is 32.9. The summed E-state index contributed by atoms with van der Waals surface area (Å²) < 4.78 is 20.0. The van der Waals surface area contributed by atoms with E-state index >= 15 is 0 Å². The van der Waals surface area contributed by atoms with Gasteiger partial charge >= 0.3 is 13.9 Å². The number of hydrogen-bond donors (Lipinski definition) is 4. The van der Waals surface area contributed by atoms with Gasteiger partial charge in [-0.15, -0.1) is 0 Å². The van der Waals surface area contributed by atoms with Crippen LogP contribution in [0.3, 0.4) is 0 Å². The summed E-state index contributed by atoms with van der Waals surface area (Å²) in [6, 6.07) is -0.647. The largest absolute Gasteiger partial charge is 0.469 e. The monoisotopic (exact) mass is 266 g/mol. The van der Waals surface area contributed by atoms with Crippen molar-refractivity contribution in [2.45, 2.75) is 24.7 Å². The van der Waals surface area contributed by atoms with E-state index in [0.29, 0.717) is 6.42 Å². The lowest BCUT2D eigenvalue weighted by Gasteiger charge is -2.20. The zero-order valence-electron chi connectivity index (χ0n) is 8.58. The molecule has 2 aliphatic heterocycles. The predicted molar refractivity (Wildman–Crippen MR) is 51.5 cm³/mol. The molecule has 0 unspecified atom stereocenters.